The fourth-order valence-corrected chi connectivity index (χ4v) is 3.67. The van der Waals surface area contributed by atoms with Gasteiger partial charge in [0.2, 0.25) is 10.0 Å². The maximum Gasteiger partial charge on any atom is 0.402 e. The number of benzene rings is 1. The van der Waals surface area contributed by atoms with Gasteiger partial charge in [0.25, 0.3) is 0 Å². The number of nitrogen functional groups attached to an aromatic ring is 1. The van der Waals surface area contributed by atoms with E-state index in [1.54, 1.807) is 6.92 Å². The van der Waals surface area contributed by atoms with Crippen LogP contribution in [0.1, 0.15) is 19.8 Å². The number of sulfonamides is 1. The number of hydrogen-bond donors (Lipinski definition) is 1. The van der Waals surface area contributed by atoms with Crippen molar-refractivity contribution in [2.45, 2.75) is 30.8 Å². The number of nitrogens with zero attached hydrogens (tertiary/aromatic N) is 1. The average molecular weight is 345 g/mol. The Morgan fingerprint density at radius 1 is 1.33 bits per heavy atom. The Kier molecular flexibility index (Phi) is 5.89. The van der Waals surface area contributed by atoms with Gasteiger partial charge in [-0.1, -0.05) is 24.9 Å². The van der Waals surface area contributed by atoms with Crippen LogP contribution in [-0.4, -0.2) is 32.0 Å². The van der Waals surface area contributed by atoms with Crippen molar-refractivity contribution in [1.82, 2.24) is 4.31 Å². The fourth-order valence-electron chi connectivity index (χ4n) is 1.68. The summed E-state index contributed by atoms with van der Waals surface area (Å²) in [6, 6.07) is 3.59. The van der Waals surface area contributed by atoms with Crippen LogP contribution in [0.25, 0.3) is 0 Å². The van der Waals surface area contributed by atoms with Gasteiger partial charge in [-0.15, -0.1) is 0 Å². The zero-order chi connectivity index (χ0) is 16.3. The maximum atomic E-state index is 12.6. The monoisotopic (exact) mass is 344 g/mol. The first kappa shape index (κ1) is 18.1. The van der Waals surface area contributed by atoms with Crippen LogP contribution in [0, 0.1) is 0 Å². The van der Waals surface area contributed by atoms with Crippen LogP contribution in [0.5, 0.6) is 0 Å². The molecule has 1 aromatic carbocycles. The molecule has 0 aliphatic rings. The van der Waals surface area contributed by atoms with Crippen molar-refractivity contribution in [3.05, 3.63) is 23.2 Å². The third kappa shape index (κ3) is 5.05. The third-order valence-corrected chi connectivity index (χ3v) is 5.02. The number of alkyl halides is 3. The minimum absolute atomic E-state index is 0.196. The lowest BCUT2D eigenvalue weighted by atomic mass is 10.3. The molecule has 1 rings (SSSR count). The van der Waals surface area contributed by atoms with Crippen molar-refractivity contribution in [1.29, 1.82) is 0 Å². The van der Waals surface area contributed by atoms with Crippen molar-refractivity contribution < 1.29 is 21.6 Å². The first-order chi connectivity index (χ1) is 9.58. The zero-order valence-corrected chi connectivity index (χ0v) is 12.9. The van der Waals surface area contributed by atoms with Crippen molar-refractivity contribution in [3.8, 4) is 0 Å². The summed E-state index contributed by atoms with van der Waals surface area (Å²) in [6.45, 7) is -0.0102. The molecule has 0 aromatic heterocycles. The highest BCUT2D eigenvalue weighted by molar-refractivity contribution is 7.89. The van der Waals surface area contributed by atoms with Crippen LogP contribution in [0.15, 0.2) is 23.1 Å². The van der Waals surface area contributed by atoms with Crippen LogP contribution in [0.2, 0.25) is 5.02 Å². The van der Waals surface area contributed by atoms with Gasteiger partial charge in [0, 0.05) is 12.2 Å². The van der Waals surface area contributed by atoms with E-state index in [0.717, 1.165) is 6.07 Å². The third-order valence-electron chi connectivity index (χ3n) is 2.69. The van der Waals surface area contributed by atoms with Crippen LogP contribution in [-0.2, 0) is 10.0 Å². The topological polar surface area (TPSA) is 63.4 Å². The first-order valence-electron chi connectivity index (χ1n) is 6.20. The average Bonchev–Trinajstić information content (AvgIpc) is 2.32. The van der Waals surface area contributed by atoms with E-state index in [4.69, 9.17) is 17.3 Å². The van der Waals surface area contributed by atoms with Crippen molar-refractivity contribution in [2.24, 2.45) is 0 Å². The molecular formula is C12H16ClF3N2O2S. The van der Waals surface area contributed by atoms with E-state index in [1.165, 1.54) is 12.1 Å². The lowest BCUT2D eigenvalue weighted by Crippen LogP contribution is -2.39. The largest absolute Gasteiger partial charge is 0.402 e. The molecule has 0 aliphatic carbocycles. The van der Waals surface area contributed by atoms with E-state index in [0.29, 0.717) is 17.1 Å². The Balaban J connectivity index is 3.19. The number of hydrogen-bond acceptors (Lipinski definition) is 3. The molecule has 0 unspecified atom stereocenters. The Morgan fingerprint density at radius 3 is 2.43 bits per heavy atom. The van der Waals surface area contributed by atoms with Gasteiger partial charge in [0.15, 0.2) is 0 Å². The summed E-state index contributed by atoms with van der Waals surface area (Å²) in [6.07, 6.45) is -3.73. The van der Waals surface area contributed by atoms with Crippen molar-refractivity contribution >= 4 is 27.3 Å². The Morgan fingerprint density at radius 2 is 1.95 bits per heavy atom. The molecule has 0 heterocycles. The van der Waals surface area contributed by atoms with Gasteiger partial charge in [-0.3, -0.25) is 0 Å². The minimum atomic E-state index is -4.62. The predicted molar refractivity (Wildman–Crippen MR) is 75.6 cm³/mol. The van der Waals surface area contributed by atoms with Gasteiger partial charge in [-0.2, -0.15) is 17.5 Å². The molecule has 120 valence electrons. The second-order valence-corrected chi connectivity index (χ2v) is 6.81. The number of anilines is 1. The second kappa shape index (κ2) is 6.85. The first-order valence-corrected chi connectivity index (χ1v) is 8.01. The molecule has 0 atom stereocenters. The molecule has 0 radical (unpaired) electrons. The number of nitrogens with two attached hydrogens (primary N) is 1. The molecular weight excluding hydrogens is 329 g/mol. The summed E-state index contributed by atoms with van der Waals surface area (Å²) >= 11 is 5.80. The summed E-state index contributed by atoms with van der Waals surface area (Å²) in [7, 11) is -4.33. The molecule has 4 nitrogen and oxygen atoms in total. The standard InChI is InChI=1S/C12H16ClF3N2O2S/c1-2-3-6-18(8-12(14,15)16)21(19,20)11-5-4-9(17)7-10(11)13/h4-5,7H,2-3,6,8,17H2,1H3. The van der Waals surface area contributed by atoms with Gasteiger partial charge >= 0.3 is 6.18 Å². The summed E-state index contributed by atoms with van der Waals surface area (Å²) in [5, 5.41) is -0.196. The number of unbranched alkanes of at least 4 members (excludes halogenated alkanes) is 1. The SMILES string of the molecule is CCCCN(CC(F)(F)F)S(=O)(=O)c1ccc(N)cc1Cl. The predicted octanol–water partition coefficient (Wildman–Crippen LogP) is 3.28. The maximum absolute atomic E-state index is 12.6. The van der Waals surface area contributed by atoms with Gasteiger partial charge < -0.3 is 5.73 Å². The highest BCUT2D eigenvalue weighted by atomic mass is 35.5. The molecule has 1 aromatic rings. The number of halogens is 4. The van der Waals surface area contributed by atoms with Crippen LogP contribution < -0.4 is 5.73 Å². The molecule has 0 fully saturated rings. The molecule has 2 N–H and O–H groups in total. The fraction of sp³-hybridized carbons (Fsp3) is 0.500. The second-order valence-electron chi connectivity index (χ2n) is 4.50. The van der Waals surface area contributed by atoms with E-state index in [1.807, 2.05) is 0 Å². The van der Waals surface area contributed by atoms with Gasteiger partial charge in [0.1, 0.15) is 11.4 Å². The Labute approximate surface area is 126 Å². The van der Waals surface area contributed by atoms with E-state index in [-0.39, 0.29) is 22.2 Å². The van der Waals surface area contributed by atoms with Gasteiger partial charge in [0.05, 0.1) is 5.02 Å². The molecule has 9 heteroatoms. The Hall–Kier alpha value is -0.990. The summed E-state index contributed by atoms with van der Waals surface area (Å²) in [5.74, 6) is 0. The summed E-state index contributed by atoms with van der Waals surface area (Å²) < 4.78 is 62.8. The lowest BCUT2D eigenvalue weighted by Gasteiger charge is -2.23. The quantitative estimate of drug-likeness (QED) is 0.805. The van der Waals surface area contributed by atoms with E-state index >= 15 is 0 Å². The molecule has 21 heavy (non-hydrogen) atoms. The molecule has 0 aliphatic heterocycles. The van der Waals surface area contributed by atoms with Crippen molar-refractivity contribution in [2.75, 3.05) is 18.8 Å². The molecule has 0 bridgehead atoms. The van der Waals surface area contributed by atoms with E-state index in [9.17, 15) is 21.6 Å². The molecule has 0 saturated carbocycles. The summed E-state index contributed by atoms with van der Waals surface area (Å²) in [4.78, 5) is -0.376. The molecule has 0 saturated heterocycles. The van der Waals surface area contributed by atoms with E-state index in [2.05, 4.69) is 0 Å². The lowest BCUT2D eigenvalue weighted by molar-refractivity contribution is -0.136. The Bertz CT molecular complexity index is 591. The molecule has 0 spiro atoms. The van der Waals surface area contributed by atoms with E-state index < -0.39 is 22.7 Å². The van der Waals surface area contributed by atoms with Crippen LogP contribution in [0.3, 0.4) is 0 Å². The summed E-state index contributed by atoms with van der Waals surface area (Å²) in [5.41, 5.74) is 5.69. The van der Waals surface area contributed by atoms with Crippen molar-refractivity contribution in [3.63, 3.8) is 0 Å². The number of rotatable bonds is 6. The smallest absolute Gasteiger partial charge is 0.399 e. The van der Waals surface area contributed by atoms with Gasteiger partial charge in [-0.05, 0) is 24.6 Å². The zero-order valence-electron chi connectivity index (χ0n) is 11.3. The highest BCUT2D eigenvalue weighted by Gasteiger charge is 2.37. The van der Waals surface area contributed by atoms with Crippen LogP contribution in [0.4, 0.5) is 18.9 Å². The minimum Gasteiger partial charge on any atom is -0.399 e. The van der Waals surface area contributed by atoms with Crippen LogP contribution >= 0.6 is 11.6 Å². The highest BCUT2D eigenvalue weighted by Crippen LogP contribution is 2.29. The van der Waals surface area contributed by atoms with Gasteiger partial charge in [-0.25, -0.2) is 8.42 Å². The normalized spacial score (nSPS) is 12.9. The molecule has 0 amide bonds.